The Hall–Kier alpha value is -2.63. The molecule has 33 heavy (non-hydrogen) atoms. The van der Waals surface area contributed by atoms with Crippen LogP contribution in [0.4, 0.5) is 5.69 Å². The number of sulfonamides is 1. The number of likely N-dealkylation sites (N-methyl/N-ethyl adjacent to an activating group) is 1. The van der Waals surface area contributed by atoms with E-state index in [1.807, 2.05) is 25.9 Å². The average Bonchev–Trinajstić information content (AvgIpc) is 3.08. The number of nitrogens with one attached hydrogen (secondary N) is 1. The Balaban J connectivity index is 2.03. The number of fused-ring (bicyclic) bond motifs is 1. The van der Waals surface area contributed by atoms with Crippen LogP contribution in [-0.4, -0.2) is 80.3 Å². The second-order valence-electron chi connectivity index (χ2n) is 8.85. The topological polar surface area (TPSA) is 125 Å². The smallest absolute Gasteiger partial charge is 0.267 e. The largest absolute Gasteiger partial charge is 0.488 e. The highest BCUT2D eigenvalue weighted by atomic mass is 32.2. The number of hydrogen-bond acceptors (Lipinski definition) is 8. The van der Waals surface area contributed by atoms with E-state index in [4.69, 9.17) is 9.26 Å². The third kappa shape index (κ3) is 5.31. The van der Waals surface area contributed by atoms with E-state index in [0.29, 0.717) is 18.8 Å². The van der Waals surface area contributed by atoms with E-state index < -0.39 is 16.1 Å². The van der Waals surface area contributed by atoms with Gasteiger partial charge in [-0.1, -0.05) is 12.1 Å². The summed E-state index contributed by atoms with van der Waals surface area (Å²) in [5.74, 6) is 0.222. The molecule has 1 amide bonds. The van der Waals surface area contributed by atoms with Gasteiger partial charge in [-0.25, -0.2) is 8.42 Å². The van der Waals surface area contributed by atoms with Crippen molar-refractivity contribution in [3.8, 4) is 5.75 Å². The maximum absolute atomic E-state index is 13.4. The van der Waals surface area contributed by atoms with Crippen LogP contribution in [0, 0.1) is 19.8 Å². The molecule has 0 radical (unpaired) electrons. The molecule has 10 nitrogen and oxygen atoms in total. The van der Waals surface area contributed by atoms with Gasteiger partial charge in [0.05, 0.1) is 18.2 Å². The molecule has 3 atom stereocenters. The van der Waals surface area contributed by atoms with Gasteiger partial charge in [0.25, 0.3) is 15.9 Å². The molecular formula is C22H32N4O6S. The molecule has 1 aliphatic rings. The molecule has 0 spiro atoms. The van der Waals surface area contributed by atoms with Crippen LogP contribution in [0.2, 0.25) is 0 Å². The summed E-state index contributed by atoms with van der Waals surface area (Å²) in [6, 6.07) is 4.21. The number of hydrogen-bond donors (Lipinski definition) is 2. The van der Waals surface area contributed by atoms with E-state index >= 15 is 0 Å². The third-order valence-electron chi connectivity index (χ3n) is 5.70. The second-order valence-corrected chi connectivity index (χ2v) is 10.5. The lowest BCUT2D eigenvalue weighted by Gasteiger charge is -2.37. The molecular weight excluding hydrogens is 448 g/mol. The van der Waals surface area contributed by atoms with Crippen LogP contribution in [0.15, 0.2) is 27.6 Å². The van der Waals surface area contributed by atoms with Crippen molar-refractivity contribution >= 4 is 21.6 Å². The summed E-state index contributed by atoms with van der Waals surface area (Å²) in [6.07, 6.45) is -0.204. The monoisotopic (exact) mass is 480 g/mol. The Kier molecular flexibility index (Phi) is 7.35. The first-order valence-electron chi connectivity index (χ1n) is 10.8. The van der Waals surface area contributed by atoms with E-state index in [1.54, 1.807) is 30.9 Å². The predicted molar refractivity (Wildman–Crippen MR) is 123 cm³/mol. The number of amides is 1. The van der Waals surface area contributed by atoms with Crippen LogP contribution >= 0.6 is 0 Å². The first-order valence-corrected chi connectivity index (χ1v) is 12.3. The standard InChI is InChI=1S/C22H32N4O6S/c1-13-10-26(14(2)12-27)22(28)18-9-17(7-8-19(18)31-20(13)11-25(5)6)24-33(29,30)21-15(3)23-32-16(21)4/h7-9,13-14,20,24,27H,10-12H2,1-6H3/t13-,14-,20-/m0/s1. The fourth-order valence-corrected chi connectivity index (χ4v) is 5.31. The summed E-state index contributed by atoms with van der Waals surface area (Å²) in [5, 5.41) is 13.4. The van der Waals surface area contributed by atoms with Crippen molar-refractivity contribution in [2.24, 2.45) is 5.92 Å². The van der Waals surface area contributed by atoms with E-state index in [1.165, 1.54) is 13.0 Å². The number of nitrogens with zero attached hydrogens (tertiary/aromatic N) is 3. The number of ether oxygens (including phenoxy) is 1. The summed E-state index contributed by atoms with van der Waals surface area (Å²) < 4.78 is 39.6. The molecule has 2 heterocycles. The van der Waals surface area contributed by atoms with Gasteiger partial charge in [0.2, 0.25) is 0 Å². The number of aliphatic hydroxyl groups is 1. The van der Waals surface area contributed by atoms with Gasteiger partial charge in [0, 0.05) is 24.7 Å². The highest BCUT2D eigenvalue weighted by molar-refractivity contribution is 7.92. The number of rotatable bonds is 7. The molecule has 0 bridgehead atoms. The second kappa shape index (κ2) is 9.70. The summed E-state index contributed by atoms with van der Waals surface area (Å²) in [6.45, 7) is 7.69. The quantitative estimate of drug-likeness (QED) is 0.615. The molecule has 2 N–H and O–H groups in total. The minimum Gasteiger partial charge on any atom is -0.488 e. The lowest BCUT2D eigenvalue weighted by atomic mass is 9.99. The van der Waals surface area contributed by atoms with Crippen LogP contribution in [0.25, 0.3) is 0 Å². The fraction of sp³-hybridized carbons (Fsp3) is 0.545. The Morgan fingerprint density at radius 2 is 2.03 bits per heavy atom. The van der Waals surface area contributed by atoms with Crippen molar-refractivity contribution in [2.45, 2.75) is 44.7 Å². The summed E-state index contributed by atoms with van der Waals surface area (Å²) in [5.41, 5.74) is 0.680. The number of carbonyl (C=O) groups excluding carboxylic acids is 1. The Morgan fingerprint density at radius 1 is 1.33 bits per heavy atom. The van der Waals surface area contributed by atoms with Crippen molar-refractivity contribution in [1.82, 2.24) is 15.0 Å². The Morgan fingerprint density at radius 3 is 2.61 bits per heavy atom. The van der Waals surface area contributed by atoms with Crippen LogP contribution in [0.3, 0.4) is 0 Å². The SMILES string of the molecule is Cc1noc(C)c1S(=O)(=O)Nc1ccc2c(c1)C(=O)N([C@@H](C)CO)C[C@H](C)[C@H](CN(C)C)O2. The number of anilines is 1. The molecule has 1 aliphatic heterocycles. The van der Waals surface area contributed by atoms with Gasteiger partial charge < -0.3 is 24.2 Å². The highest BCUT2D eigenvalue weighted by Gasteiger charge is 2.33. The molecule has 11 heteroatoms. The van der Waals surface area contributed by atoms with Gasteiger partial charge >= 0.3 is 0 Å². The number of aliphatic hydroxyl groups excluding tert-OH is 1. The van der Waals surface area contributed by atoms with Crippen molar-refractivity contribution in [3.05, 3.63) is 35.2 Å². The number of aryl methyl sites for hydroxylation is 2. The maximum Gasteiger partial charge on any atom is 0.267 e. The molecule has 1 aromatic carbocycles. The zero-order valence-corrected chi connectivity index (χ0v) is 20.6. The van der Waals surface area contributed by atoms with Crippen molar-refractivity contribution in [2.75, 3.05) is 38.5 Å². The zero-order valence-electron chi connectivity index (χ0n) is 19.8. The third-order valence-corrected chi connectivity index (χ3v) is 7.32. The van der Waals surface area contributed by atoms with Crippen LogP contribution in [0.5, 0.6) is 5.75 Å². The summed E-state index contributed by atoms with van der Waals surface area (Å²) in [4.78, 5) is 17.0. The minimum atomic E-state index is -3.98. The summed E-state index contributed by atoms with van der Waals surface area (Å²) in [7, 11) is -0.0882. The number of carbonyl (C=O) groups is 1. The van der Waals surface area contributed by atoms with Gasteiger partial charge in [-0.05, 0) is 53.1 Å². The number of benzene rings is 1. The van der Waals surface area contributed by atoms with Crippen molar-refractivity contribution in [1.29, 1.82) is 0 Å². The number of aromatic nitrogens is 1. The van der Waals surface area contributed by atoms with E-state index in [0.717, 1.165) is 0 Å². The lowest BCUT2D eigenvalue weighted by molar-refractivity contribution is 0.0363. The lowest BCUT2D eigenvalue weighted by Crippen LogP contribution is -2.49. The van der Waals surface area contributed by atoms with E-state index in [-0.39, 0.29) is 52.1 Å². The molecule has 0 unspecified atom stereocenters. The molecule has 0 saturated carbocycles. The molecule has 0 aliphatic carbocycles. The first-order chi connectivity index (χ1) is 15.4. The van der Waals surface area contributed by atoms with Gasteiger partial charge in [-0.2, -0.15) is 0 Å². The first kappa shape index (κ1) is 25.0. The van der Waals surface area contributed by atoms with Crippen LogP contribution in [0.1, 0.15) is 35.7 Å². The molecule has 3 rings (SSSR count). The fourth-order valence-electron chi connectivity index (χ4n) is 3.93. The molecule has 0 saturated heterocycles. The van der Waals surface area contributed by atoms with Crippen molar-refractivity contribution in [3.63, 3.8) is 0 Å². The predicted octanol–water partition coefficient (Wildman–Crippen LogP) is 1.87. The van der Waals surface area contributed by atoms with Gasteiger partial charge in [-0.15, -0.1) is 0 Å². The molecule has 2 aromatic rings. The van der Waals surface area contributed by atoms with Gasteiger partial charge in [-0.3, -0.25) is 9.52 Å². The molecule has 1 aromatic heterocycles. The summed E-state index contributed by atoms with van der Waals surface area (Å²) >= 11 is 0. The van der Waals surface area contributed by atoms with Crippen LogP contribution in [-0.2, 0) is 10.0 Å². The Labute approximate surface area is 194 Å². The molecule has 0 fully saturated rings. The minimum absolute atomic E-state index is 0.0104. The highest BCUT2D eigenvalue weighted by Crippen LogP contribution is 2.32. The van der Waals surface area contributed by atoms with Crippen LogP contribution < -0.4 is 9.46 Å². The van der Waals surface area contributed by atoms with Gasteiger partial charge in [0.15, 0.2) is 10.7 Å². The maximum atomic E-state index is 13.4. The van der Waals surface area contributed by atoms with Crippen molar-refractivity contribution < 1.29 is 27.6 Å². The Bertz CT molecular complexity index is 1090. The zero-order chi connectivity index (χ0) is 24.5. The normalized spacial score (nSPS) is 20.1. The average molecular weight is 481 g/mol. The van der Waals surface area contributed by atoms with E-state index in [9.17, 15) is 18.3 Å². The van der Waals surface area contributed by atoms with Gasteiger partial charge in [0.1, 0.15) is 17.5 Å². The van der Waals surface area contributed by atoms with E-state index in [2.05, 4.69) is 9.88 Å². The molecule has 182 valence electrons.